The van der Waals surface area contributed by atoms with Gasteiger partial charge in [0.15, 0.2) is 0 Å². The lowest BCUT2D eigenvalue weighted by Gasteiger charge is -2.21. The minimum absolute atomic E-state index is 0.0238. The Morgan fingerprint density at radius 2 is 2.59 bits per heavy atom. The molecule has 1 aliphatic rings. The van der Waals surface area contributed by atoms with Gasteiger partial charge >= 0.3 is 0 Å². The van der Waals surface area contributed by atoms with Crippen LogP contribution in [0.3, 0.4) is 0 Å². The number of aliphatic hydroxyl groups excluding tert-OH is 1. The summed E-state index contributed by atoms with van der Waals surface area (Å²) in [5.74, 6) is -0.0929. The molecule has 1 aromatic rings. The van der Waals surface area contributed by atoms with E-state index in [4.69, 9.17) is 5.73 Å². The van der Waals surface area contributed by atoms with Crippen LogP contribution in [0, 0.1) is 0 Å². The highest BCUT2D eigenvalue weighted by atomic mass is 32.1. The monoisotopic (exact) mass is 255 g/mol. The molecule has 94 valence electrons. The number of carbonyl (C=O) groups is 1. The van der Waals surface area contributed by atoms with Gasteiger partial charge in [-0.1, -0.05) is 0 Å². The Morgan fingerprint density at radius 1 is 1.82 bits per heavy atom. The second-order valence-corrected chi connectivity index (χ2v) is 5.23. The molecule has 0 bridgehead atoms. The average molecular weight is 255 g/mol. The standard InChI is InChI=1S/C11H17N3O2S/c1-7(12)10-13-9(6-17-10)11(16)14-4-2-3-8(14)5-15/h6-8,15H,2-5,12H2,1H3/t7?,8-/m1/s1. The maximum atomic E-state index is 12.2. The van der Waals surface area contributed by atoms with Crippen molar-refractivity contribution in [2.24, 2.45) is 5.73 Å². The molecule has 0 aliphatic carbocycles. The van der Waals surface area contributed by atoms with E-state index in [0.717, 1.165) is 17.8 Å². The van der Waals surface area contributed by atoms with Crippen molar-refractivity contribution >= 4 is 17.2 Å². The molecule has 0 spiro atoms. The summed E-state index contributed by atoms with van der Waals surface area (Å²) in [6.45, 7) is 2.57. The predicted molar refractivity (Wildman–Crippen MR) is 65.9 cm³/mol. The van der Waals surface area contributed by atoms with Crippen molar-refractivity contribution < 1.29 is 9.90 Å². The van der Waals surface area contributed by atoms with Gasteiger partial charge in [-0.2, -0.15) is 0 Å². The first kappa shape index (κ1) is 12.5. The summed E-state index contributed by atoms with van der Waals surface area (Å²) in [6, 6.07) is -0.197. The normalized spacial score (nSPS) is 21.8. The maximum absolute atomic E-state index is 12.2. The molecular weight excluding hydrogens is 238 g/mol. The van der Waals surface area contributed by atoms with E-state index in [1.807, 2.05) is 6.92 Å². The van der Waals surface area contributed by atoms with Crippen LogP contribution >= 0.6 is 11.3 Å². The van der Waals surface area contributed by atoms with Crippen LogP contribution in [0.1, 0.15) is 41.3 Å². The lowest BCUT2D eigenvalue weighted by atomic mass is 10.2. The topological polar surface area (TPSA) is 79.5 Å². The van der Waals surface area contributed by atoms with Crippen LogP contribution in [0.4, 0.5) is 0 Å². The van der Waals surface area contributed by atoms with Crippen LogP contribution in [-0.2, 0) is 0 Å². The lowest BCUT2D eigenvalue weighted by molar-refractivity contribution is 0.0672. The van der Waals surface area contributed by atoms with Gasteiger partial charge < -0.3 is 15.7 Å². The van der Waals surface area contributed by atoms with E-state index in [1.54, 1.807) is 10.3 Å². The molecule has 2 heterocycles. The molecule has 5 nitrogen and oxygen atoms in total. The third-order valence-electron chi connectivity index (χ3n) is 2.98. The molecule has 0 saturated carbocycles. The van der Waals surface area contributed by atoms with Crippen LogP contribution in [0.2, 0.25) is 0 Å². The second-order valence-electron chi connectivity index (χ2n) is 4.34. The molecule has 17 heavy (non-hydrogen) atoms. The number of thiazole rings is 1. The zero-order valence-corrected chi connectivity index (χ0v) is 10.6. The summed E-state index contributed by atoms with van der Waals surface area (Å²) in [7, 11) is 0. The third kappa shape index (κ3) is 2.48. The molecule has 1 saturated heterocycles. The minimum atomic E-state index is -0.145. The number of rotatable bonds is 3. The predicted octanol–water partition coefficient (Wildman–Crippen LogP) is 0.760. The molecule has 0 aromatic carbocycles. The van der Waals surface area contributed by atoms with Gasteiger partial charge in [-0.05, 0) is 19.8 Å². The zero-order valence-electron chi connectivity index (χ0n) is 9.80. The first-order valence-electron chi connectivity index (χ1n) is 5.76. The number of carbonyl (C=O) groups excluding carboxylic acids is 1. The van der Waals surface area contributed by atoms with Gasteiger partial charge in [-0.3, -0.25) is 4.79 Å². The van der Waals surface area contributed by atoms with Gasteiger partial charge in [0.2, 0.25) is 0 Å². The Morgan fingerprint density at radius 3 is 3.18 bits per heavy atom. The number of hydrogen-bond acceptors (Lipinski definition) is 5. The zero-order chi connectivity index (χ0) is 12.4. The van der Waals surface area contributed by atoms with E-state index in [0.29, 0.717) is 12.2 Å². The maximum Gasteiger partial charge on any atom is 0.273 e. The lowest BCUT2D eigenvalue weighted by Crippen LogP contribution is -2.37. The van der Waals surface area contributed by atoms with Crippen LogP contribution in [0.15, 0.2) is 5.38 Å². The van der Waals surface area contributed by atoms with Gasteiger partial charge in [0.05, 0.1) is 18.7 Å². The summed E-state index contributed by atoms with van der Waals surface area (Å²) in [4.78, 5) is 18.1. The second kappa shape index (κ2) is 5.12. The summed E-state index contributed by atoms with van der Waals surface area (Å²) < 4.78 is 0. The Hall–Kier alpha value is -0.980. The number of nitrogens with two attached hydrogens (primary N) is 1. The Balaban J connectivity index is 2.13. The summed E-state index contributed by atoms with van der Waals surface area (Å²) in [5.41, 5.74) is 6.16. The van der Waals surface area contributed by atoms with Crippen molar-refractivity contribution in [1.29, 1.82) is 0 Å². The fraction of sp³-hybridized carbons (Fsp3) is 0.636. The Labute approximate surface area is 104 Å². The van der Waals surface area contributed by atoms with E-state index in [9.17, 15) is 9.90 Å². The number of aromatic nitrogens is 1. The van der Waals surface area contributed by atoms with E-state index in [-0.39, 0.29) is 24.6 Å². The molecule has 1 unspecified atom stereocenters. The van der Waals surface area contributed by atoms with Gasteiger partial charge in [-0.25, -0.2) is 4.98 Å². The quantitative estimate of drug-likeness (QED) is 0.835. The van der Waals surface area contributed by atoms with E-state index < -0.39 is 0 Å². The highest BCUT2D eigenvalue weighted by Crippen LogP contribution is 2.22. The first-order valence-corrected chi connectivity index (χ1v) is 6.64. The summed E-state index contributed by atoms with van der Waals surface area (Å²) >= 11 is 1.41. The number of likely N-dealkylation sites (tertiary alicyclic amines) is 1. The number of nitrogens with zero attached hydrogens (tertiary/aromatic N) is 2. The SMILES string of the molecule is CC(N)c1nc(C(=O)N2CCC[C@@H]2CO)cs1. The molecule has 0 radical (unpaired) electrons. The first-order chi connectivity index (χ1) is 8.13. The molecular formula is C11H17N3O2S. The van der Waals surface area contributed by atoms with Crippen LogP contribution in [0.25, 0.3) is 0 Å². The van der Waals surface area contributed by atoms with Crippen LogP contribution in [-0.4, -0.2) is 40.1 Å². The molecule has 1 amide bonds. The van der Waals surface area contributed by atoms with Crippen LogP contribution in [0.5, 0.6) is 0 Å². The molecule has 6 heteroatoms. The van der Waals surface area contributed by atoms with Gasteiger partial charge in [0, 0.05) is 11.9 Å². The minimum Gasteiger partial charge on any atom is -0.394 e. The van der Waals surface area contributed by atoms with Gasteiger partial charge in [-0.15, -0.1) is 11.3 Å². The molecule has 1 aromatic heterocycles. The fourth-order valence-electron chi connectivity index (χ4n) is 2.03. The Kier molecular flexibility index (Phi) is 3.76. The Bertz CT molecular complexity index is 405. The number of hydrogen-bond donors (Lipinski definition) is 2. The van der Waals surface area contributed by atoms with E-state index in [1.165, 1.54) is 11.3 Å². The van der Waals surface area contributed by atoms with Crippen molar-refractivity contribution in [3.63, 3.8) is 0 Å². The number of amides is 1. The molecule has 2 rings (SSSR count). The van der Waals surface area contributed by atoms with Gasteiger partial charge in [0.1, 0.15) is 10.7 Å². The largest absolute Gasteiger partial charge is 0.394 e. The van der Waals surface area contributed by atoms with Crippen molar-refractivity contribution in [2.75, 3.05) is 13.2 Å². The summed E-state index contributed by atoms with van der Waals surface area (Å²) in [6.07, 6.45) is 1.81. The van der Waals surface area contributed by atoms with Crippen LogP contribution < -0.4 is 5.73 Å². The van der Waals surface area contributed by atoms with Crippen molar-refractivity contribution in [2.45, 2.75) is 31.8 Å². The average Bonchev–Trinajstić information content (AvgIpc) is 2.96. The van der Waals surface area contributed by atoms with Crippen molar-refractivity contribution in [3.8, 4) is 0 Å². The highest BCUT2D eigenvalue weighted by Gasteiger charge is 2.30. The van der Waals surface area contributed by atoms with Crippen molar-refractivity contribution in [3.05, 3.63) is 16.1 Å². The molecule has 3 N–H and O–H groups in total. The fourth-order valence-corrected chi connectivity index (χ4v) is 2.79. The molecule has 1 fully saturated rings. The molecule has 2 atom stereocenters. The van der Waals surface area contributed by atoms with Gasteiger partial charge in [0.25, 0.3) is 5.91 Å². The highest BCUT2D eigenvalue weighted by molar-refractivity contribution is 7.09. The summed E-state index contributed by atoms with van der Waals surface area (Å²) in [5, 5.41) is 11.7. The number of aliphatic hydroxyl groups is 1. The smallest absolute Gasteiger partial charge is 0.273 e. The van der Waals surface area contributed by atoms with E-state index in [2.05, 4.69) is 4.98 Å². The molecule has 1 aliphatic heterocycles. The third-order valence-corrected chi connectivity index (χ3v) is 4.03. The van der Waals surface area contributed by atoms with Crippen molar-refractivity contribution in [1.82, 2.24) is 9.88 Å². The van der Waals surface area contributed by atoms with E-state index >= 15 is 0 Å².